The maximum absolute atomic E-state index is 13.3. The smallest absolute Gasteiger partial charge is 0.242 e. The van der Waals surface area contributed by atoms with Gasteiger partial charge in [0.2, 0.25) is 11.8 Å². The number of rotatable bonds is 11. The van der Waals surface area contributed by atoms with Gasteiger partial charge in [0.25, 0.3) is 0 Å². The van der Waals surface area contributed by atoms with Crippen molar-refractivity contribution in [1.29, 1.82) is 0 Å². The topological polar surface area (TPSA) is 49.9 Å². The number of benzene rings is 1. The summed E-state index contributed by atoms with van der Waals surface area (Å²) >= 11 is 1.61. The number of carbonyl (C=O) groups excluding carboxylic acids is 2. The third-order valence-electron chi connectivity index (χ3n) is 5.28. The maximum atomic E-state index is 13.3. The number of aryl methyl sites for hydroxylation is 1. The average molecular weight is 433 g/mol. The molecule has 0 spiro atoms. The van der Waals surface area contributed by atoms with Crippen LogP contribution in [0.4, 0.5) is 4.39 Å². The van der Waals surface area contributed by atoms with Crippen LogP contribution in [-0.2, 0) is 27.4 Å². The van der Waals surface area contributed by atoms with Gasteiger partial charge in [-0.05, 0) is 60.9 Å². The summed E-state index contributed by atoms with van der Waals surface area (Å²) in [5.41, 5.74) is 2.00. The zero-order valence-corrected chi connectivity index (χ0v) is 18.4. The van der Waals surface area contributed by atoms with Crippen LogP contribution in [0.15, 0.2) is 35.7 Å². The van der Waals surface area contributed by atoms with E-state index in [2.05, 4.69) is 0 Å². The van der Waals surface area contributed by atoms with E-state index in [-0.39, 0.29) is 30.1 Å². The van der Waals surface area contributed by atoms with Crippen molar-refractivity contribution in [3.05, 3.63) is 57.5 Å². The Morgan fingerprint density at radius 1 is 1.13 bits per heavy atom. The monoisotopic (exact) mass is 432 g/mol. The minimum absolute atomic E-state index is 0.0602. The van der Waals surface area contributed by atoms with Gasteiger partial charge in [0.15, 0.2) is 0 Å². The van der Waals surface area contributed by atoms with Gasteiger partial charge >= 0.3 is 0 Å². The van der Waals surface area contributed by atoms with E-state index in [0.29, 0.717) is 32.7 Å². The quantitative estimate of drug-likeness (QED) is 0.505. The van der Waals surface area contributed by atoms with E-state index in [1.54, 1.807) is 40.4 Å². The first-order valence-corrected chi connectivity index (χ1v) is 11.2. The fraction of sp³-hybridized carbons (Fsp3) is 0.478. The van der Waals surface area contributed by atoms with Gasteiger partial charge in [0.1, 0.15) is 5.82 Å². The van der Waals surface area contributed by atoms with Crippen molar-refractivity contribution in [2.24, 2.45) is 5.92 Å². The molecule has 1 saturated carbocycles. The SMILES string of the molecule is COCCCN(CC(=O)N(Cc1ccc(F)cc1)Cc1sccc1C)C(=O)C1CC1. The van der Waals surface area contributed by atoms with Gasteiger partial charge in [-0.15, -0.1) is 11.3 Å². The van der Waals surface area contributed by atoms with E-state index >= 15 is 0 Å². The number of nitrogens with zero attached hydrogens (tertiary/aromatic N) is 2. The first kappa shape index (κ1) is 22.4. The average Bonchev–Trinajstić information content (AvgIpc) is 3.51. The molecule has 0 unspecified atom stereocenters. The second-order valence-corrected chi connectivity index (χ2v) is 8.78. The van der Waals surface area contributed by atoms with Gasteiger partial charge in [-0.2, -0.15) is 0 Å². The van der Waals surface area contributed by atoms with E-state index < -0.39 is 0 Å². The summed E-state index contributed by atoms with van der Waals surface area (Å²) in [7, 11) is 1.63. The second-order valence-electron chi connectivity index (χ2n) is 7.78. The van der Waals surface area contributed by atoms with Gasteiger partial charge in [-0.1, -0.05) is 12.1 Å². The van der Waals surface area contributed by atoms with Crippen molar-refractivity contribution in [3.8, 4) is 0 Å². The zero-order chi connectivity index (χ0) is 21.5. The molecule has 30 heavy (non-hydrogen) atoms. The summed E-state index contributed by atoms with van der Waals surface area (Å²) in [6.45, 7) is 4.00. The van der Waals surface area contributed by atoms with Gasteiger partial charge < -0.3 is 14.5 Å². The Hall–Kier alpha value is -2.25. The lowest BCUT2D eigenvalue weighted by Crippen LogP contribution is -2.43. The molecule has 2 aromatic rings. The lowest BCUT2D eigenvalue weighted by Gasteiger charge is -2.28. The zero-order valence-electron chi connectivity index (χ0n) is 17.6. The van der Waals surface area contributed by atoms with Gasteiger partial charge in [-0.3, -0.25) is 9.59 Å². The van der Waals surface area contributed by atoms with Crippen molar-refractivity contribution < 1.29 is 18.7 Å². The van der Waals surface area contributed by atoms with Crippen LogP contribution >= 0.6 is 11.3 Å². The summed E-state index contributed by atoms with van der Waals surface area (Å²) in [5.74, 6) is -0.275. The summed E-state index contributed by atoms with van der Waals surface area (Å²) < 4.78 is 18.4. The van der Waals surface area contributed by atoms with Crippen LogP contribution in [0.25, 0.3) is 0 Å². The molecule has 0 N–H and O–H groups in total. The lowest BCUT2D eigenvalue weighted by atomic mass is 10.2. The van der Waals surface area contributed by atoms with E-state index in [0.717, 1.165) is 28.8 Å². The molecule has 0 aliphatic heterocycles. The Balaban J connectivity index is 1.73. The van der Waals surface area contributed by atoms with E-state index in [4.69, 9.17) is 4.74 Å². The second kappa shape index (κ2) is 10.7. The number of amides is 2. The Morgan fingerprint density at radius 3 is 2.47 bits per heavy atom. The van der Waals surface area contributed by atoms with Crippen molar-refractivity contribution in [3.63, 3.8) is 0 Å². The highest BCUT2D eigenvalue weighted by atomic mass is 32.1. The molecule has 0 atom stereocenters. The summed E-state index contributed by atoms with van der Waals surface area (Å²) in [6.07, 6.45) is 2.51. The Morgan fingerprint density at radius 2 is 1.87 bits per heavy atom. The summed E-state index contributed by atoms with van der Waals surface area (Å²) in [5, 5.41) is 2.01. The number of hydrogen-bond acceptors (Lipinski definition) is 4. The highest BCUT2D eigenvalue weighted by molar-refractivity contribution is 7.10. The van der Waals surface area contributed by atoms with Crippen LogP contribution in [-0.4, -0.2) is 48.4 Å². The first-order valence-electron chi connectivity index (χ1n) is 10.3. The van der Waals surface area contributed by atoms with Gasteiger partial charge in [0, 0.05) is 37.6 Å². The molecule has 1 aliphatic carbocycles. The third kappa shape index (κ3) is 6.37. The number of methoxy groups -OCH3 is 1. The predicted octanol–water partition coefficient (Wildman–Crippen LogP) is 4.00. The molecular formula is C23H29FN2O3S. The summed E-state index contributed by atoms with van der Waals surface area (Å²) in [4.78, 5) is 30.5. The number of carbonyl (C=O) groups is 2. The number of ether oxygens (including phenoxy) is 1. The van der Waals surface area contributed by atoms with Gasteiger partial charge in [-0.25, -0.2) is 4.39 Å². The molecule has 1 aliphatic rings. The number of hydrogen-bond donors (Lipinski definition) is 0. The molecule has 0 saturated heterocycles. The lowest BCUT2D eigenvalue weighted by molar-refractivity contribution is -0.142. The van der Waals surface area contributed by atoms with E-state index in [1.807, 2.05) is 18.4 Å². The largest absolute Gasteiger partial charge is 0.385 e. The maximum Gasteiger partial charge on any atom is 0.242 e. The minimum atomic E-state index is -0.301. The molecule has 0 bridgehead atoms. The first-order chi connectivity index (χ1) is 14.5. The van der Waals surface area contributed by atoms with Crippen LogP contribution in [0.3, 0.4) is 0 Å². The highest BCUT2D eigenvalue weighted by Gasteiger charge is 2.34. The fourth-order valence-electron chi connectivity index (χ4n) is 3.30. The van der Waals surface area contributed by atoms with Crippen molar-refractivity contribution in [1.82, 2.24) is 9.80 Å². The molecular weight excluding hydrogens is 403 g/mol. The number of halogens is 1. The van der Waals surface area contributed by atoms with Crippen LogP contribution in [0.5, 0.6) is 0 Å². The van der Waals surface area contributed by atoms with Crippen LogP contribution < -0.4 is 0 Å². The normalized spacial score (nSPS) is 13.3. The molecule has 1 aromatic heterocycles. The van der Waals surface area contributed by atoms with E-state index in [9.17, 15) is 14.0 Å². The molecule has 2 amide bonds. The molecule has 1 fully saturated rings. The van der Waals surface area contributed by atoms with Crippen LogP contribution in [0.2, 0.25) is 0 Å². The third-order valence-corrected chi connectivity index (χ3v) is 6.29. The summed E-state index contributed by atoms with van der Waals surface area (Å²) in [6, 6.07) is 8.24. The standard InChI is InChI=1S/C23H29FN2O3S/c1-17-10-13-30-21(17)15-26(14-18-4-8-20(24)9-5-18)22(27)16-25(11-3-12-29-2)23(28)19-6-7-19/h4-5,8-10,13,19H,3,6-7,11-12,14-16H2,1-2H3. The number of thiophene rings is 1. The Kier molecular flexibility index (Phi) is 7.99. The Bertz CT molecular complexity index is 848. The minimum Gasteiger partial charge on any atom is -0.385 e. The molecule has 5 nitrogen and oxygen atoms in total. The molecule has 3 rings (SSSR count). The van der Waals surface area contributed by atoms with Crippen molar-refractivity contribution >= 4 is 23.2 Å². The predicted molar refractivity (Wildman–Crippen MR) is 116 cm³/mol. The molecule has 1 aromatic carbocycles. The molecule has 162 valence electrons. The van der Waals surface area contributed by atoms with Gasteiger partial charge in [0.05, 0.1) is 13.1 Å². The van der Waals surface area contributed by atoms with Crippen LogP contribution in [0, 0.1) is 18.7 Å². The molecule has 7 heteroatoms. The van der Waals surface area contributed by atoms with E-state index in [1.165, 1.54) is 12.1 Å². The Labute approximate surface area is 181 Å². The van der Waals surface area contributed by atoms with Crippen molar-refractivity contribution in [2.75, 3.05) is 26.8 Å². The highest BCUT2D eigenvalue weighted by Crippen LogP contribution is 2.31. The van der Waals surface area contributed by atoms with Crippen LogP contribution in [0.1, 0.15) is 35.3 Å². The molecule has 1 heterocycles. The van der Waals surface area contributed by atoms with Crippen molar-refractivity contribution in [2.45, 2.75) is 39.3 Å². The fourth-order valence-corrected chi connectivity index (χ4v) is 4.22. The molecule has 0 radical (unpaired) electrons.